The number of methoxy groups -OCH3 is 1. The number of ether oxygens (including phenoxy) is 3. The summed E-state index contributed by atoms with van der Waals surface area (Å²) in [6.07, 6.45) is -0.874. The average Bonchev–Trinajstić information content (AvgIpc) is 2.92. The smallest absolute Gasteiger partial charge is 0.387 e. The van der Waals surface area contributed by atoms with Crippen LogP contribution in [0, 0.1) is 0 Å². The first-order valence-corrected chi connectivity index (χ1v) is 9.78. The summed E-state index contributed by atoms with van der Waals surface area (Å²) in [7, 11) is -1.94. The molecule has 1 aliphatic rings. The Morgan fingerprint density at radius 2 is 1.96 bits per heavy atom. The van der Waals surface area contributed by atoms with E-state index in [4.69, 9.17) is 9.47 Å². The maximum Gasteiger partial charge on any atom is 0.387 e. The van der Waals surface area contributed by atoms with Crippen LogP contribution in [0.25, 0.3) is 0 Å². The highest BCUT2D eigenvalue weighted by Gasteiger charge is 2.31. The van der Waals surface area contributed by atoms with Crippen molar-refractivity contribution in [1.29, 1.82) is 0 Å². The number of rotatable bonds is 7. The Kier molecular flexibility index (Phi) is 6.58. The molecule has 2 rings (SSSR count). The van der Waals surface area contributed by atoms with Gasteiger partial charge in [-0.3, -0.25) is 4.79 Å². The average molecular weight is 407 g/mol. The van der Waals surface area contributed by atoms with E-state index in [1.807, 2.05) is 0 Å². The molecule has 2 atom stereocenters. The third-order valence-corrected chi connectivity index (χ3v) is 5.62. The number of esters is 1. The van der Waals surface area contributed by atoms with Gasteiger partial charge in [0, 0.05) is 6.04 Å². The normalized spacial score (nSPS) is 19.4. The van der Waals surface area contributed by atoms with E-state index in [1.54, 1.807) is 0 Å². The zero-order valence-electron chi connectivity index (χ0n) is 14.6. The molecule has 1 saturated heterocycles. The van der Waals surface area contributed by atoms with Crippen molar-refractivity contribution in [2.75, 3.05) is 18.6 Å². The summed E-state index contributed by atoms with van der Waals surface area (Å²) < 4.78 is 61.6. The van der Waals surface area contributed by atoms with Crippen molar-refractivity contribution in [2.45, 2.75) is 32.1 Å². The molecular formula is C16H19F2NO7S. The van der Waals surface area contributed by atoms with E-state index >= 15 is 0 Å². The maximum atomic E-state index is 12.3. The van der Waals surface area contributed by atoms with Gasteiger partial charge in [-0.25, -0.2) is 13.2 Å². The lowest BCUT2D eigenvalue weighted by Crippen LogP contribution is -2.42. The molecule has 8 nitrogen and oxygen atoms in total. The molecule has 1 N–H and O–H groups in total. The van der Waals surface area contributed by atoms with Crippen LogP contribution in [0.2, 0.25) is 0 Å². The van der Waals surface area contributed by atoms with Crippen LogP contribution in [0.1, 0.15) is 23.7 Å². The van der Waals surface area contributed by atoms with Gasteiger partial charge in [-0.1, -0.05) is 0 Å². The van der Waals surface area contributed by atoms with Crippen molar-refractivity contribution in [3.8, 4) is 11.5 Å². The molecule has 0 radical (unpaired) electrons. The van der Waals surface area contributed by atoms with E-state index in [0.717, 1.165) is 12.1 Å². The first-order chi connectivity index (χ1) is 12.6. The molecule has 1 fully saturated rings. The highest BCUT2D eigenvalue weighted by molar-refractivity contribution is 7.91. The van der Waals surface area contributed by atoms with Crippen molar-refractivity contribution in [2.24, 2.45) is 0 Å². The molecular weight excluding hydrogens is 388 g/mol. The first-order valence-electron chi connectivity index (χ1n) is 7.96. The highest BCUT2D eigenvalue weighted by Crippen LogP contribution is 2.29. The van der Waals surface area contributed by atoms with E-state index in [0.29, 0.717) is 6.42 Å². The van der Waals surface area contributed by atoms with Gasteiger partial charge in [0.15, 0.2) is 27.4 Å². The summed E-state index contributed by atoms with van der Waals surface area (Å²) in [5.41, 5.74) is -0.0310. The predicted octanol–water partition coefficient (Wildman–Crippen LogP) is 1.15. The maximum absolute atomic E-state index is 12.3. The van der Waals surface area contributed by atoms with Gasteiger partial charge in [-0.05, 0) is 31.5 Å². The molecule has 1 aromatic carbocycles. The number of alkyl halides is 2. The Morgan fingerprint density at radius 3 is 2.52 bits per heavy atom. The lowest BCUT2D eigenvalue weighted by molar-refractivity contribution is -0.129. The van der Waals surface area contributed by atoms with E-state index in [-0.39, 0.29) is 28.6 Å². The Balaban J connectivity index is 1.98. The van der Waals surface area contributed by atoms with Gasteiger partial charge < -0.3 is 19.5 Å². The highest BCUT2D eigenvalue weighted by atomic mass is 32.2. The van der Waals surface area contributed by atoms with E-state index in [2.05, 4.69) is 10.1 Å². The number of carbonyl (C=O) groups excluding carboxylic acids is 2. The number of hydrogen-bond acceptors (Lipinski definition) is 7. The summed E-state index contributed by atoms with van der Waals surface area (Å²) in [5.74, 6) is -2.01. The van der Waals surface area contributed by atoms with Gasteiger partial charge in [0.1, 0.15) is 0 Å². The van der Waals surface area contributed by atoms with Crippen LogP contribution < -0.4 is 14.8 Å². The monoisotopic (exact) mass is 407 g/mol. The summed E-state index contributed by atoms with van der Waals surface area (Å²) in [6.45, 7) is -1.72. The second-order valence-electron chi connectivity index (χ2n) is 5.90. The number of halogens is 2. The van der Waals surface area contributed by atoms with Gasteiger partial charge in [0.25, 0.3) is 5.91 Å². The summed E-state index contributed by atoms with van der Waals surface area (Å²) in [6, 6.07) is 2.94. The van der Waals surface area contributed by atoms with Crippen LogP contribution in [0.4, 0.5) is 8.78 Å². The number of hydrogen-bond donors (Lipinski definition) is 1. The van der Waals surface area contributed by atoms with Crippen molar-refractivity contribution in [1.82, 2.24) is 5.32 Å². The Hall–Kier alpha value is -2.43. The quantitative estimate of drug-likeness (QED) is 0.676. The molecule has 1 heterocycles. The van der Waals surface area contributed by atoms with Gasteiger partial charge >= 0.3 is 12.6 Å². The SMILES string of the molecule is COc1cc(C(=O)O[C@@H](C)C(=O)N[C@@H]2CCS(=O)(=O)C2)ccc1OC(F)F. The number of nitrogens with one attached hydrogen (secondary N) is 1. The molecule has 1 aromatic rings. The molecule has 0 spiro atoms. The van der Waals surface area contributed by atoms with Crippen molar-refractivity contribution in [3.05, 3.63) is 23.8 Å². The summed E-state index contributed by atoms with van der Waals surface area (Å²) in [5, 5.41) is 2.52. The Morgan fingerprint density at radius 1 is 1.26 bits per heavy atom. The third kappa shape index (κ3) is 5.78. The number of amides is 1. The lowest BCUT2D eigenvalue weighted by Gasteiger charge is -2.17. The largest absolute Gasteiger partial charge is 0.493 e. The molecule has 11 heteroatoms. The van der Waals surface area contributed by atoms with Crippen LogP contribution >= 0.6 is 0 Å². The van der Waals surface area contributed by atoms with Crippen LogP contribution in [-0.4, -0.2) is 57.7 Å². The minimum Gasteiger partial charge on any atom is -0.493 e. The van der Waals surface area contributed by atoms with Crippen LogP contribution in [0.5, 0.6) is 11.5 Å². The Labute approximate surface area is 154 Å². The fourth-order valence-corrected chi connectivity index (χ4v) is 4.17. The van der Waals surface area contributed by atoms with E-state index in [9.17, 15) is 26.8 Å². The van der Waals surface area contributed by atoms with Crippen molar-refractivity contribution in [3.63, 3.8) is 0 Å². The van der Waals surface area contributed by atoms with E-state index in [1.165, 1.54) is 20.1 Å². The van der Waals surface area contributed by atoms with Gasteiger partial charge in [-0.2, -0.15) is 8.78 Å². The van der Waals surface area contributed by atoms with E-state index < -0.39 is 40.5 Å². The predicted molar refractivity (Wildman–Crippen MR) is 89.7 cm³/mol. The lowest BCUT2D eigenvalue weighted by atomic mass is 10.2. The van der Waals surface area contributed by atoms with Gasteiger partial charge in [0.2, 0.25) is 0 Å². The van der Waals surface area contributed by atoms with Crippen molar-refractivity contribution < 1.29 is 41.0 Å². The fraction of sp³-hybridized carbons (Fsp3) is 0.500. The minimum absolute atomic E-state index is 0.00104. The van der Waals surface area contributed by atoms with Gasteiger partial charge in [-0.15, -0.1) is 0 Å². The Bertz CT molecular complexity index is 813. The second-order valence-corrected chi connectivity index (χ2v) is 8.13. The van der Waals surface area contributed by atoms with Crippen LogP contribution in [0.15, 0.2) is 18.2 Å². The molecule has 0 aliphatic carbocycles. The first kappa shape index (κ1) is 20.9. The molecule has 0 saturated carbocycles. The molecule has 1 aliphatic heterocycles. The number of carbonyl (C=O) groups is 2. The zero-order chi connectivity index (χ0) is 20.2. The van der Waals surface area contributed by atoms with Gasteiger partial charge in [0.05, 0.1) is 24.2 Å². The van der Waals surface area contributed by atoms with Crippen LogP contribution in [0.3, 0.4) is 0 Å². The topological polar surface area (TPSA) is 108 Å². The molecule has 1 amide bonds. The molecule has 27 heavy (non-hydrogen) atoms. The molecule has 150 valence electrons. The molecule has 0 unspecified atom stereocenters. The van der Waals surface area contributed by atoms with Crippen molar-refractivity contribution >= 4 is 21.7 Å². The fourth-order valence-electron chi connectivity index (χ4n) is 2.50. The molecule has 0 aromatic heterocycles. The number of sulfone groups is 1. The minimum atomic E-state index is -3.15. The van der Waals surface area contributed by atoms with Crippen LogP contribution in [-0.2, 0) is 19.4 Å². The zero-order valence-corrected chi connectivity index (χ0v) is 15.4. The summed E-state index contributed by atoms with van der Waals surface area (Å²) >= 11 is 0. The number of benzene rings is 1. The molecule has 0 bridgehead atoms. The third-order valence-electron chi connectivity index (χ3n) is 3.85. The second kappa shape index (κ2) is 8.51. The summed E-state index contributed by atoms with van der Waals surface area (Å²) in [4.78, 5) is 24.2. The standard InChI is InChI=1S/C16H19F2NO7S/c1-9(14(20)19-11-5-6-27(22,23)8-11)25-15(21)10-3-4-12(26-16(17)18)13(7-10)24-2/h3-4,7,9,11,16H,5-6,8H2,1-2H3,(H,19,20)/t9-,11+/m0/s1.